The van der Waals surface area contributed by atoms with Gasteiger partial charge in [0.2, 0.25) is 0 Å². The Bertz CT molecular complexity index is 792. The summed E-state index contributed by atoms with van der Waals surface area (Å²) in [6, 6.07) is 12.9. The third-order valence-electron chi connectivity index (χ3n) is 3.58. The lowest BCUT2D eigenvalue weighted by Gasteiger charge is -2.13. The normalized spacial score (nSPS) is 12.6. The van der Waals surface area contributed by atoms with Crippen LogP contribution in [0.4, 0.5) is 0 Å². The van der Waals surface area contributed by atoms with Gasteiger partial charge in [0, 0.05) is 10.9 Å². The van der Waals surface area contributed by atoms with E-state index in [9.17, 15) is 5.11 Å². The molecule has 0 radical (unpaired) electrons. The molecule has 1 N–H and O–H groups in total. The number of hydrogen-bond acceptors (Lipinski definition) is 3. The monoisotopic (exact) mass is 302 g/mol. The molecule has 0 amide bonds. The maximum Gasteiger partial charge on any atom is 0.137 e. The van der Waals surface area contributed by atoms with Gasteiger partial charge in [-0.1, -0.05) is 35.9 Å². The zero-order valence-electron chi connectivity index (χ0n) is 11.8. The lowest BCUT2D eigenvalue weighted by Crippen LogP contribution is -2.01. The van der Waals surface area contributed by atoms with Crippen molar-refractivity contribution < 1.29 is 14.3 Å². The van der Waals surface area contributed by atoms with Crippen LogP contribution in [0.25, 0.3) is 11.0 Å². The fourth-order valence-corrected chi connectivity index (χ4v) is 2.74. The molecular formula is C17H15ClO3. The largest absolute Gasteiger partial charge is 0.495 e. The highest BCUT2D eigenvalue weighted by atomic mass is 35.5. The molecule has 0 bridgehead atoms. The number of aliphatic hydroxyl groups is 1. The average Bonchev–Trinajstić information content (AvgIpc) is 2.82. The van der Waals surface area contributed by atoms with Crippen LogP contribution >= 0.6 is 11.6 Å². The van der Waals surface area contributed by atoms with Crippen molar-refractivity contribution in [1.29, 1.82) is 0 Å². The van der Waals surface area contributed by atoms with Crippen molar-refractivity contribution in [2.45, 2.75) is 13.0 Å². The Kier molecular flexibility index (Phi) is 3.62. The van der Waals surface area contributed by atoms with E-state index < -0.39 is 6.10 Å². The van der Waals surface area contributed by atoms with Crippen molar-refractivity contribution in [2.75, 3.05) is 7.11 Å². The van der Waals surface area contributed by atoms with Crippen molar-refractivity contribution in [3.63, 3.8) is 0 Å². The van der Waals surface area contributed by atoms with Crippen LogP contribution in [0.2, 0.25) is 5.02 Å². The number of rotatable bonds is 3. The minimum absolute atomic E-state index is 0.516. The highest BCUT2D eigenvalue weighted by Crippen LogP contribution is 2.36. The Labute approximate surface area is 127 Å². The van der Waals surface area contributed by atoms with Crippen molar-refractivity contribution in [3.05, 3.63) is 64.4 Å². The number of furan rings is 1. The quantitative estimate of drug-likeness (QED) is 0.775. The number of halogens is 1. The second-order valence-corrected chi connectivity index (χ2v) is 5.27. The molecule has 0 aliphatic rings. The molecule has 1 heterocycles. The van der Waals surface area contributed by atoms with Crippen molar-refractivity contribution in [1.82, 2.24) is 0 Å². The number of aliphatic hydroxyl groups excluding tert-OH is 1. The van der Waals surface area contributed by atoms with Gasteiger partial charge < -0.3 is 14.3 Å². The van der Waals surface area contributed by atoms with E-state index >= 15 is 0 Å². The molecule has 0 aliphatic heterocycles. The topological polar surface area (TPSA) is 42.6 Å². The van der Waals surface area contributed by atoms with Crippen LogP contribution in [0.15, 0.2) is 46.9 Å². The maximum atomic E-state index is 10.7. The fraction of sp³-hybridized carbons (Fsp3) is 0.176. The van der Waals surface area contributed by atoms with Gasteiger partial charge in [-0.3, -0.25) is 0 Å². The van der Waals surface area contributed by atoms with Crippen LogP contribution in [0, 0.1) is 6.92 Å². The smallest absolute Gasteiger partial charge is 0.137 e. The molecule has 2 aromatic carbocycles. The maximum absolute atomic E-state index is 10.7. The van der Waals surface area contributed by atoms with E-state index in [2.05, 4.69) is 0 Å². The molecule has 0 aliphatic carbocycles. The molecule has 4 heteroatoms. The molecular weight excluding hydrogens is 288 g/mol. The molecule has 0 saturated carbocycles. The summed E-state index contributed by atoms with van der Waals surface area (Å²) in [7, 11) is 1.55. The standard InChI is InChI=1S/C17H15ClO3/c1-10-16(12-5-3-4-6-14(12)21-10)17(19)11-7-8-13(18)15(9-11)20-2/h3-9,17,19H,1-2H3. The summed E-state index contributed by atoms with van der Waals surface area (Å²) in [6.45, 7) is 1.85. The van der Waals surface area contributed by atoms with Gasteiger partial charge in [0.15, 0.2) is 0 Å². The Hall–Kier alpha value is -1.97. The van der Waals surface area contributed by atoms with Gasteiger partial charge in [-0.2, -0.15) is 0 Å². The van der Waals surface area contributed by atoms with Gasteiger partial charge in [-0.05, 0) is 30.7 Å². The second-order valence-electron chi connectivity index (χ2n) is 4.86. The Balaban J connectivity index is 2.12. The van der Waals surface area contributed by atoms with Crippen molar-refractivity contribution in [2.24, 2.45) is 0 Å². The number of fused-ring (bicyclic) bond motifs is 1. The van der Waals surface area contributed by atoms with E-state index in [1.54, 1.807) is 25.3 Å². The lowest BCUT2D eigenvalue weighted by atomic mass is 9.98. The first kappa shape index (κ1) is 14.0. The lowest BCUT2D eigenvalue weighted by molar-refractivity contribution is 0.218. The number of methoxy groups -OCH3 is 1. The Morgan fingerprint density at radius 1 is 1.19 bits per heavy atom. The summed E-state index contributed by atoms with van der Waals surface area (Å²) in [6.07, 6.45) is -0.792. The van der Waals surface area contributed by atoms with E-state index in [1.807, 2.05) is 31.2 Å². The highest BCUT2D eigenvalue weighted by Gasteiger charge is 2.20. The molecule has 3 aromatic rings. The molecule has 0 spiro atoms. The van der Waals surface area contributed by atoms with Gasteiger partial charge in [-0.25, -0.2) is 0 Å². The summed E-state index contributed by atoms with van der Waals surface area (Å²) in [4.78, 5) is 0. The minimum Gasteiger partial charge on any atom is -0.495 e. The zero-order chi connectivity index (χ0) is 15.0. The van der Waals surface area contributed by atoms with Crippen molar-refractivity contribution >= 4 is 22.6 Å². The third kappa shape index (κ3) is 2.39. The second kappa shape index (κ2) is 5.43. The van der Waals surface area contributed by atoms with Crippen LogP contribution in [0.1, 0.15) is 23.0 Å². The van der Waals surface area contributed by atoms with Gasteiger partial charge in [0.25, 0.3) is 0 Å². The van der Waals surface area contributed by atoms with E-state index in [0.717, 1.165) is 16.5 Å². The summed E-state index contributed by atoms with van der Waals surface area (Å²) in [5.41, 5.74) is 2.26. The molecule has 3 rings (SSSR count). The van der Waals surface area contributed by atoms with Gasteiger partial charge >= 0.3 is 0 Å². The van der Waals surface area contributed by atoms with E-state index in [1.165, 1.54) is 0 Å². The number of aryl methyl sites for hydroxylation is 1. The number of hydrogen-bond donors (Lipinski definition) is 1. The molecule has 1 aromatic heterocycles. The van der Waals surface area contributed by atoms with E-state index in [0.29, 0.717) is 22.1 Å². The SMILES string of the molecule is COc1cc(C(O)c2c(C)oc3ccccc23)ccc1Cl. The Morgan fingerprint density at radius 3 is 2.71 bits per heavy atom. The van der Waals surface area contributed by atoms with Gasteiger partial charge in [0.1, 0.15) is 23.2 Å². The van der Waals surface area contributed by atoms with Crippen LogP contribution in [0.5, 0.6) is 5.75 Å². The van der Waals surface area contributed by atoms with E-state index in [4.69, 9.17) is 20.8 Å². The predicted molar refractivity (Wildman–Crippen MR) is 83.0 cm³/mol. The Morgan fingerprint density at radius 2 is 1.95 bits per heavy atom. The van der Waals surface area contributed by atoms with Gasteiger partial charge in [-0.15, -0.1) is 0 Å². The first-order valence-corrected chi connectivity index (χ1v) is 6.99. The molecule has 21 heavy (non-hydrogen) atoms. The molecule has 1 unspecified atom stereocenters. The average molecular weight is 303 g/mol. The summed E-state index contributed by atoms with van der Waals surface area (Å²) in [5.74, 6) is 1.25. The molecule has 3 nitrogen and oxygen atoms in total. The molecule has 0 fully saturated rings. The van der Waals surface area contributed by atoms with Crippen LogP contribution in [-0.4, -0.2) is 12.2 Å². The molecule has 108 valence electrons. The van der Waals surface area contributed by atoms with Gasteiger partial charge in [0.05, 0.1) is 12.1 Å². The highest BCUT2D eigenvalue weighted by molar-refractivity contribution is 6.32. The number of benzene rings is 2. The van der Waals surface area contributed by atoms with Crippen LogP contribution < -0.4 is 4.74 Å². The first-order valence-electron chi connectivity index (χ1n) is 6.61. The minimum atomic E-state index is -0.792. The third-order valence-corrected chi connectivity index (χ3v) is 3.90. The number of ether oxygens (including phenoxy) is 1. The van der Waals surface area contributed by atoms with Crippen molar-refractivity contribution in [3.8, 4) is 5.75 Å². The predicted octanol–water partition coefficient (Wildman–Crippen LogP) is 4.48. The number of para-hydroxylation sites is 1. The van der Waals surface area contributed by atoms with Crippen LogP contribution in [-0.2, 0) is 0 Å². The fourth-order valence-electron chi connectivity index (χ4n) is 2.54. The van der Waals surface area contributed by atoms with E-state index in [-0.39, 0.29) is 0 Å². The summed E-state index contributed by atoms with van der Waals surface area (Å²) >= 11 is 6.03. The molecule has 1 atom stereocenters. The first-order chi connectivity index (χ1) is 10.1. The summed E-state index contributed by atoms with van der Waals surface area (Å²) < 4.78 is 10.9. The van der Waals surface area contributed by atoms with Crippen LogP contribution in [0.3, 0.4) is 0 Å². The summed E-state index contributed by atoms with van der Waals surface area (Å²) in [5, 5.41) is 12.1. The zero-order valence-corrected chi connectivity index (χ0v) is 12.5. The molecule has 0 saturated heterocycles.